The molecule has 1 aromatic carbocycles. The van der Waals surface area contributed by atoms with E-state index in [0.29, 0.717) is 10.0 Å². The topological polar surface area (TPSA) is 20.2 Å². The van der Waals surface area contributed by atoms with Gasteiger partial charge in [-0.15, -0.1) is 6.58 Å². The van der Waals surface area contributed by atoms with Gasteiger partial charge < -0.3 is 5.11 Å². The summed E-state index contributed by atoms with van der Waals surface area (Å²) < 4.78 is 0. The Hall–Kier alpha value is -0.500. The minimum atomic E-state index is -0.492. The second kappa shape index (κ2) is 4.35. The van der Waals surface area contributed by atoms with E-state index in [0.717, 1.165) is 5.56 Å². The largest absolute Gasteiger partial charge is 0.395 e. The maximum absolute atomic E-state index is 9.26. The zero-order valence-electron chi connectivity index (χ0n) is 7.93. The van der Waals surface area contributed by atoms with Crippen molar-refractivity contribution in [1.82, 2.24) is 0 Å². The molecule has 0 amide bonds. The molecular weight excluding hydrogens is 219 g/mol. The number of halogens is 2. The molecular formula is C11H12Cl2O. The number of aliphatic hydroxyl groups excluding tert-OH is 1. The number of rotatable bonds is 3. The van der Waals surface area contributed by atoms with Crippen LogP contribution in [0.1, 0.15) is 12.5 Å². The van der Waals surface area contributed by atoms with Crippen molar-refractivity contribution in [2.45, 2.75) is 12.3 Å². The van der Waals surface area contributed by atoms with Gasteiger partial charge in [0.25, 0.3) is 0 Å². The lowest BCUT2D eigenvalue weighted by Crippen LogP contribution is -2.23. The normalized spacial score (nSPS) is 14.9. The first-order valence-electron chi connectivity index (χ1n) is 4.23. The van der Waals surface area contributed by atoms with Gasteiger partial charge in [0.1, 0.15) is 0 Å². The monoisotopic (exact) mass is 230 g/mol. The first-order chi connectivity index (χ1) is 6.51. The van der Waals surface area contributed by atoms with Crippen molar-refractivity contribution in [3.8, 4) is 0 Å². The van der Waals surface area contributed by atoms with Gasteiger partial charge in [0.2, 0.25) is 0 Å². The molecule has 3 heteroatoms. The van der Waals surface area contributed by atoms with E-state index >= 15 is 0 Å². The molecule has 1 aromatic rings. The summed E-state index contributed by atoms with van der Waals surface area (Å²) in [5.74, 6) is 0. The van der Waals surface area contributed by atoms with Gasteiger partial charge in [0, 0.05) is 15.5 Å². The zero-order chi connectivity index (χ0) is 10.8. The number of aliphatic hydroxyl groups is 1. The first kappa shape index (κ1) is 11.6. The average Bonchev–Trinajstić information content (AvgIpc) is 2.15. The summed E-state index contributed by atoms with van der Waals surface area (Å²) in [6.45, 7) is 5.55. The minimum absolute atomic E-state index is 0.0207. The Labute approximate surface area is 94.0 Å². The molecule has 0 saturated heterocycles. The fourth-order valence-electron chi connectivity index (χ4n) is 1.16. The molecule has 1 nitrogen and oxygen atoms in total. The summed E-state index contributed by atoms with van der Waals surface area (Å²) in [5.41, 5.74) is 0.377. The van der Waals surface area contributed by atoms with Gasteiger partial charge in [-0.2, -0.15) is 0 Å². The van der Waals surface area contributed by atoms with E-state index in [2.05, 4.69) is 6.58 Å². The maximum atomic E-state index is 9.26. The lowest BCUT2D eigenvalue weighted by atomic mass is 9.83. The van der Waals surface area contributed by atoms with Gasteiger partial charge in [0.15, 0.2) is 0 Å². The van der Waals surface area contributed by atoms with Crippen LogP contribution in [0.25, 0.3) is 0 Å². The molecule has 0 aliphatic carbocycles. The van der Waals surface area contributed by atoms with E-state index < -0.39 is 5.41 Å². The van der Waals surface area contributed by atoms with Gasteiger partial charge in [-0.25, -0.2) is 0 Å². The fraction of sp³-hybridized carbons (Fsp3) is 0.273. The standard InChI is InChI=1S/C11H12Cl2O/c1-3-11(2,7-14)8-4-9(12)6-10(13)5-8/h3-6,14H,1,7H2,2H3/t11-/m1/s1. The van der Waals surface area contributed by atoms with E-state index in [4.69, 9.17) is 23.2 Å². The number of benzene rings is 1. The first-order valence-corrected chi connectivity index (χ1v) is 4.98. The zero-order valence-corrected chi connectivity index (χ0v) is 9.44. The van der Waals surface area contributed by atoms with Crippen LogP contribution in [-0.2, 0) is 5.41 Å². The van der Waals surface area contributed by atoms with E-state index in [1.807, 2.05) is 6.92 Å². The van der Waals surface area contributed by atoms with E-state index in [-0.39, 0.29) is 6.61 Å². The lowest BCUT2D eigenvalue weighted by Gasteiger charge is -2.23. The van der Waals surface area contributed by atoms with Crippen LogP contribution in [0.4, 0.5) is 0 Å². The van der Waals surface area contributed by atoms with Crippen molar-refractivity contribution in [2.75, 3.05) is 6.61 Å². The Balaban J connectivity index is 3.23. The molecule has 0 radical (unpaired) electrons. The quantitative estimate of drug-likeness (QED) is 0.790. The van der Waals surface area contributed by atoms with Crippen LogP contribution in [0.5, 0.6) is 0 Å². The van der Waals surface area contributed by atoms with Crippen LogP contribution in [0.2, 0.25) is 10.0 Å². The Kier molecular flexibility index (Phi) is 3.59. The molecule has 1 N–H and O–H groups in total. The molecule has 0 heterocycles. The summed E-state index contributed by atoms with van der Waals surface area (Å²) in [4.78, 5) is 0. The summed E-state index contributed by atoms with van der Waals surface area (Å²) in [6.07, 6.45) is 1.69. The smallest absolute Gasteiger partial charge is 0.0560 e. The highest BCUT2D eigenvalue weighted by Gasteiger charge is 2.22. The van der Waals surface area contributed by atoms with Crippen LogP contribution >= 0.6 is 23.2 Å². The molecule has 1 atom stereocenters. The summed E-state index contributed by atoms with van der Waals surface area (Å²) in [5, 5.41) is 10.4. The third-order valence-corrected chi connectivity index (χ3v) is 2.74. The summed E-state index contributed by atoms with van der Waals surface area (Å²) >= 11 is 11.7. The minimum Gasteiger partial charge on any atom is -0.395 e. The second-order valence-electron chi connectivity index (χ2n) is 3.44. The number of hydrogen-bond donors (Lipinski definition) is 1. The van der Waals surface area contributed by atoms with Crippen LogP contribution in [0, 0.1) is 0 Å². The maximum Gasteiger partial charge on any atom is 0.0560 e. The second-order valence-corrected chi connectivity index (χ2v) is 4.31. The van der Waals surface area contributed by atoms with Gasteiger partial charge in [-0.05, 0) is 30.7 Å². The molecule has 0 spiro atoms. The SMILES string of the molecule is C=C[C@](C)(CO)c1cc(Cl)cc(Cl)c1. The van der Waals surface area contributed by atoms with Gasteiger partial charge in [-0.1, -0.05) is 29.3 Å². The van der Waals surface area contributed by atoms with E-state index in [1.165, 1.54) is 0 Å². The van der Waals surface area contributed by atoms with E-state index in [9.17, 15) is 5.11 Å². The highest BCUT2D eigenvalue weighted by molar-refractivity contribution is 6.34. The lowest BCUT2D eigenvalue weighted by molar-refractivity contribution is 0.236. The molecule has 0 saturated carbocycles. The third-order valence-electron chi connectivity index (χ3n) is 2.30. The Bertz CT molecular complexity index is 329. The highest BCUT2D eigenvalue weighted by atomic mass is 35.5. The molecule has 0 aliphatic heterocycles. The third kappa shape index (κ3) is 2.30. The van der Waals surface area contributed by atoms with Crippen molar-refractivity contribution in [3.05, 3.63) is 46.5 Å². The van der Waals surface area contributed by atoms with Crippen LogP contribution in [0.3, 0.4) is 0 Å². The average molecular weight is 231 g/mol. The van der Waals surface area contributed by atoms with E-state index in [1.54, 1.807) is 24.3 Å². The highest BCUT2D eigenvalue weighted by Crippen LogP contribution is 2.29. The summed E-state index contributed by atoms with van der Waals surface area (Å²) in [7, 11) is 0. The molecule has 0 fully saturated rings. The van der Waals surface area contributed by atoms with Crippen molar-refractivity contribution in [3.63, 3.8) is 0 Å². The molecule has 0 bridgehead atoms. The van der Waals surface area contributed by atoms with Crippen LogP contribution < -0.4 is 0 Å². The van der Waals surface area contributed by atoms with Gasteiger partial charge >= 0.3 is 0 Å². The molecule has 14 heavy (non-hydrogen) atoms. The Morgan fingerprint density at radius 2 is 1.86 bits per heavy atom. The Morgan fingerprint density at radius 1 is 1.36 bits per heavy atom. The van der Waals surface area contributed by atoms with Crippen LogP contribution in [0.15, 0.2) is 30.9 Å². The van der Waals surface area contributed by atoms with Crippen molar-refractivity contribution >= 4 is 23.2 Å². The van der Waals surface area contributed by atoms with Gasteiger partial charge in [0.05, 0.1) is 6.61 Å². The van der Waals surface area contributed by atoms with Gasteiger partial charge in [-0.3, -0.25) is 0 Å². The number of hydrogen-bond acceptors (Lipinski definition) is 1. The van der Waals surface area contributed by atoms with Crippen molar-refractivity contribution in [2.24, 2.45) is 0 Å². The Morgan fingerprint density at radius 3 is 2.21 bits per heavy atom. The fourth-order valence-corrected chi connectivity index (χ4v) is 1.68. The predicted molar refractivity (Wildman–Crippen MR) is 61.1 cm³/mol. The van der Waals surface area contributed by atoms with Crippen molar-refractivity contribution in [1.29, 1.82) is 0 Å². The molecule has 1 rings (SSSR count). The van der Waals surface area contributed by atoms with Crippen LogP contribution in [-0.4, -0.2) is 11.7 Å². The molecule has 0 unspecified atom stereocenters. The predicted octanol–water partition coefficient (Wildman–Crippen LogP) is 3.43. The molecule has 0 aromatic heterocycles. The molecule has 0 aliphatic rings. The van der Waals surface area contributed by atoms with Crippen molar-refractivity contribution < 1.29 is 5.11 Å². The molecule has 76 valence electrons. The summed E-state index contributed by atoms with van der Waals surface area (Å²) in [6, 6.07) is 5.23.